The first kappa shape index (κ1) is 14.4. The van der Waals surface area contributed by atoms with Gasteiger partial charge in [0.1, 0.15) is 0 Å². The summed E-state index contributed by atoms with van der Waals surface area (Å²) < 4.78 is 1.01. The fraction of sp³-hybridized carbons (Fsp3) is 0.133. The molecule has 3 N–H and O–H groups in total. The van der Waals surface area contributed by atoms with Crippen molar-refractivity contribution in [2.45, 2.75) is 0 Å². The molecule has 0 bridgehead atoms. The smallest absolute Gasteiger partial charge is 0.253 e. The van der Waals surface area contributed by atoms with E-state index >= 15 is 0 Å². The van der Waals surface area contributed by atoms with Crippen molar-refractivity contribution in [3.8, 4) is 0 Å². The lowest BCUT2D eigenvalue weighted by atomic mass is 10.1. The maximum atomic E-state index is 12.0. The molecule has 104 valence electrons. The van der Waals surface area contributed by atoms with E-state index in [9.17, 15) is 4.79 Å². The molecule has 0 atom stereocenters. The molecule has 0 radical (unpaired) electrons. The second kappa shape index (κ2) is 5.96. The maximum absolute atomic E-state index is 12.0. The number of nitrogens with two attached hydrogens (primary N) is 1. The van der Waals surface area contributed by atoms with Crippen LogP contribution in [-0.4, -0.2) is 24.9 Å². The molecule has 2 aromatic rings. The van der Waals surface area contributed by atoms with Gasteiger partial charge in [0.05, 0.1) is 11.4 Å². The minimum absolute atomic E-state index is 0.0520. The lowest BCUT2D eigenvalue weighted by molar-refractivity contribution is 0.0827. The van der Waals surface area contributed by atoms with Crippen molar-refractivity contribution < 1.29 is 4.79 Å². The molecular weight excluding hydrogens is 318 g/mol. The molecule has 2 aromatic carbocycles. The Labute approximate surface area is 126 Å². The van der Waals surface area contributed by atoms with Crippen LogP contribution in [0.1, 0.15) is 10.4 Å². The maximum Gasteiger partial charge on any atom is 0.253 e. The Morgan fingerprint density at radius 3 is 2.40 bits per heavy atom. The van der Waals surface area contributed by atoms with Crippen molar-refractivity contribution in [1.82, 2.24) is 4.90 Å². The highest BCUT2D eigenvalue weighted by Gasteiger charge is 2.10. The SMILES string of the molecule is CN(C)C(=O)c1ccc(N)c(Nc2ccc(Br)cc2)c1. The summed E-state index contributed by atoms with van der Waals surface area (Å²) in [6, 6.07) is 13.0. The Bertz CT molecular complexity index is 624. The van der Waals surface area contributed by atoms with E-state index in [1.54, 1.807) is 32.3 Å². The minimum Gasteiger partial charge on any atom is -0.397 e. The summed E-state index contributed by atoms with van der Waals surface area (Å²) in [5, 5.41) is 3.22. The minimum atomic E-state index is -0.0520. The van der Waals surface area contributed by atoms with Crippen molar-refractivity contribution >= 4 is 38.9 Å². The molecular formula is C15H16BrN3O. The zero-order chi connectivity index (χ0) is 14.7. The number of nitrogen functional groups attached to an aromatic ring is 1. The predicted octanol–water partition coefficient (Wildman–Crippen LogP) is 3.48. The highest BCUT2D eigenvalue weighted by molar-refractivity contribution is 9.10. The number of anilines is 3. The van der Waals surface area contributed by atoms with E-state index in [1.165, 1.54) is 4.90 Å². The number of nitrogens with one attached hydrogen (secondary N) is 1. The van der Waals surface area contributed by atoms with Gasteiger partial charge in [0.15, 0.2) is 0 Å². The van der Waals surface area contributed by atoms with Crippen molar-refractivity contribution in [1.29, 1.82) is 0 Å². The number of carbonyl (C=O) groups excluding carboxylic acids is 1. The van der Waals surface area contributed by atoms with Gasteiger partial charge in [0, 0.05) is 29.8 Å². The van der Waals surface area contributed by atoms with Crippen molar-refractivity contribution in [2.75, 3.05) is 25.1 Å². The highest BCUT2D eigenvalue weighted by atomic mass is 79.9. The first-order valence-corrected chi connectivity index (χ1v) is 6.90. The third-order valence-corrected chi connectivity index (χ3v) is 3.36. The Morgan fingerprint density at radius 2 is 1.80 bits per heavy atom. The number of amides is 1. The lowest BCUT2D eigenvalue weighted by Gasteiger charge is -2.14. The van der Waals surface area contributed by atoms with E-state index in [4.69, 9.17) is 5.73 Å². The molecule has 0 unspecified atom stereocenters. The first-order chi connectivity index (χ1) is 9.47. The van der Waals surface area contributed by atoms with E-state index in [2.05, 4.69) is 21.2 Å². The number of halogens is 1. The largest absolute Gasteiger partial charge is 0.397 e. The summed E-state index contributed by atoms with van der Waals surface area (Å²) in [5.74, 6) is -0.0520. The van der Waals surface area contributed by atoms with Crippen LogP contribution < -0.4 is 11.1 Å². The van der Waals surface area contributed by atoms with Crippen LogP contribution in [0.4, 0.5) is 17.1 Å². The van der Waals surface area contributed by atoms with Crippen LogP contribution in [-0.2, 0) is 0 Å². The van der Waals surface area contributed by atoms with E-state index in [1.807, 2.05) is 24.3 Å². The van der Waals surface area contributed by atoms with Crippen LogP contribution in [0, 0.1) is 0 Å². The van der Waals surface area contributed by atoms with Crippen LogP contribution in [0.2, 0.25) is 0 Å². The average Bonchev–Trinajstić information content (AvgIpc) is 2.43. The lowest BCUT2D eigenvalue weighted by Crippen LogP contribution is -2.21. The molecule has 1 amide bonds. The van der Waals surface area contributed by atoms with Crippen molar-refractivity contribution in [3.63, 3.8) is 0 Å². The quantitative estimate of drug-likeness (QED) is 0.845. The van der Waals surface area contributed by atoms with Gasteiger partial charge < -0.3 is 16.0 Å². The normalized spacial score (nSPS) is 10.2. The Balaban J connectivity index is 2.29. The molecule has 0 heterocycles. The molecule has 0 aromatic heterocycles. The molecule has 0 aliphatic rings. The van der Waals surface area contributed by atoms with Gasteiger partial charge in [-0.25, -0.2) is 0 Å². The number of hydrogen-bond donors (Lipinski definition) is 2. The highest BCUT2D eigenvalue weighted by Crippen LogP contribution is 2.25. The predicted molar refractivity (Wildman–Crippen MR) is 86.3 cm³/mol. The second-order valence-electron chi connectivity index (χ2n) is 4.63. The van der Waals surface area contributed by atoms with Crippen molar-refractivity contribution in [2.24, 2.45) is 0 Å². The number of hydrogen-bond acceptors (Lipinski definition) is 3. The molecule has 0 saturated heterocycles. The van der Waals surface area contributed by atoms with Gasteiger partial charge in [-0.2, -0.15) is 0 Å². The third-order valence-electron chi connectivity index (χ3n) is 2.83. The van der Waals surface area contributed by atoms with E-state index in [-0.39, 0.29) is 5.91 Å². The van der Waals surface area contributed by atoms with Gasteiger partial charge in [-0.3, -0.25) is 4.79 Å². The standard InChI is InChI=1S/C15H16BrN3O/c1-19(2)15(20)10-3-8-13(17)14(9-10)18-12-6-4-11(16)5-7-12/h3-9,18H,17H2,1-2H3. The molecule has 0 aliphatic carbocycles. The van der Waals surface area contributed by atoms with Gasteiger partial charge in [-0.15, -0.1) is 0 Å². The molecule has 4 nitrogen and oxygen atoms in total. The van der Waals surface area contributed by atoms with Gasteiger partial charge in [-0.1, -0.05) is 15.9 Å². The van der Waals surface area contributed by atoms with Gasteiger partial charge in [0.25, 0.3) is 5.91 Å². The third kappa shape index (κ3) is 3.30. The summed E-state index contributed by atoms with van der Waals surface area (Å²) >= 11 is 3.39. The van der Waals surface area contributed by atoms with Gasteiger partial charge >= 0.3 is 0 Å². The van der Waals surface area contributed by atoms with E-state index in [0.717, 1.165) is 15.8 Å². The Hall–Kier alpha value is -2.01. The number of benzene rings is 2. The fourth-order valence-electron chi connectivity index (χ4n) is 1.74. The van der Waals surface area contributed by atoms with Gasteiger partial charge in [0.2, 0.25) is 0 Å². The monoisotopic (exact) mass is 333 g/mol. The van der Waals surface area contributed by atoms with Crippen LogP contribution in [0.25, 0.3) is 0 Å². The Morgan fingerprint density at radius 1 is 1.15 bits per heavy atom. The number of rotatable bonds is 3. The molecule has 0 aliphatic heterocycles. The molecule has 0 saturated carbocycles. The zero-order valence-electron chi connectivity index (χ0n) is 11.4. The van der Waals surface area contributed by atoms with E-state index < -0.39 is 0 Å². The topological polar surface area (TPSA) is 58.4 Å². The van der Waals surface area contributed by atoms with Crippen LogP contribution in [0.15, 0.2) is 46.9 Å². The fourth-order valence-corrected chi connectivity index (χ4v) is 2.01. The summed E-state index contributed by atoms with van der Waals surface area (Å²) in [6.07, 6.45) is 0. The molecule has 0 fully saturated rings. The summed E-state index contributed by atoms with van der Waals surface area (Å²) in [7, 11) is 3.45. The number of nitrogens with zero attached hydrogens (tertiary/aromatic N) is 1. The van der Waals surface area contributed by atoms with Crippen LogP contribution >= 0.6 is 15.9 Å². The average molecular weight is 334 g/mol. The Kier molecular flexibility index (Phi) is 4.29. The molecule has 2 rings (SSSR count). The van der Waals surface area contributed by atoms with Crippen molar-refractivity contribution in [3.05, 3.63) is 52.5 Å². The molecule has 0 spiro atoms. The second-order valence-corrected chi connectivity index (χ2v) is 5.55. The van der Waals surface area contributed by atoms with Crippen LogP contribution in [0.5, 0.6) is 0 Å². The van der Waals surface area contributed by atoms with E-state index in [0.29, 0.717) is 11.3 Å². The molecule has 5 heteroatoms. The summed E-state index contributed by atoms with van der Waals surface area (Å²) in [4.78, 5) is 13.5. The van der Waals surface area contributed by atoms with Gasteiger partial charge in [-0.05, 0) is 42.5 Å². The summed E-state index contributed by atoms with van der Waals surface area (Å²) in [5.41, 5.74) is 8.78. The zero-order valence-corrected chi connectivity index (χ0v) is 12.9. The number of carbonyl (C=O) groups is 1. The first-order valence-electron chi connectivity index (χ1n) is 6.11. The molecule has 20 heavy (non-hydrogen) atoms. The summed E-state index contributed by atoms with van der Waals surface area (Å²) in [6.45, 7) is 0. The van der Waals surface area contributed by atoms with Crippen LogP contribution in [0.3, 0.4) is 0 Å².